The van der Waals surface area contributed by atoms with Crippen LogP contribution in [0.3, 0.4) is 0 Å². The van der Waals surface area contributed by atoms with Crippen molar-refractivity contribution in [3.8, 4) is 5.75 Å². The third-order valence-corrected chi connectivity index (χ3v) is 3.82. The van der Waals surface area contributed by atoms with E-state index in [0.29, 0.717) is 11.6 Å². The lowest BCUT2D eigenvalue weighted by molar-refractivity contribution is 0.0636. The first-order valence-corrected chi connectivity index (χ1v) is 8.23. The van der Waals surface area contributed by atoms with Gasteiger partial charge in [0, 0.05) is 5.69 Å². The molecule has 0 radical (unpaired) electrons. The summed E-state index contributed by atoms with van der Waals surface area (Å²) in [6, 6.07) is 7.41. The summed E-state index contributed by atoms with van der Waals surface area (Å²) in [5.41, 5.74) is 0.201. The fraction of sp³-hybridized carbons (Fsp3) is 0.611. The summed E-state index contributed by atoms with van der Waals surface area (Å²) in [6.07, 6.45) is 1.93. The highest BCUT2D eigenvalue weighted by molar-refractivity contribution is 5.84. The zero-order valence-electron chi connectivity index (χ0n) is 14.6. The first kappa shape index (κ1) is 17.6. The average Bonchev–Trinajstić information content (AvgIpc) is 2.46. The van der Waals surface area contributed by atoms with E-state index in [0.717, 1.165) is 25.4 Å². The van der Waals surface area contributed by atoms with E-state index in [-0.39, 0.29) is 0 Å². The number of anilines is 1. The van der Waals surface area contributed by atoms with E-state index >= 15 is 0 Å². The number of likely N-dealkylation sites (tertiary alicyclic amines) is 1. The smallest absolute Gasteiger partial charge is 0.412 e. The topological polar surface area (TPSA) is 50.8 Å². The summed E-state index contributed by atoms with van der Waals surface area (Å²) >= 11 is 0. The molecule has 23 heavy (non-hydrogen) atoms. The zero-order valence-corrected chi connectivity index (χ0v) is 14.6. The summed E-state index contributed by atoms with van der Waals surface area (Å²) < 4.78 is 11.1. The predicted molar refractivity (Wildman–Crippen MR) is 92.0 cm³/mol. The third-order valence-electron chi connectivity index (χ3n) is 3.82. The minimum absolute atomic E-state index is 0.447. The molecule has 0 aliphatic carbocycles. The second-order valence-electron chi connectivity index (χ2n) is 7.21. The number of hydrogen-bond donors (Lipinski definition) is 1. The molecule has 1 heterocycles. The van der Waals surface area contributed by atoms with E-state index in [1.54, 1.807) is 0 Å². The fourth-order valence-corrected chi connectivity index (χ4v) is 2.50. The molecule has 1 fully saturated rings. The van der Waals surface area contributed by atoms with Crippen LogP contribution in [0.1, 0.15) is 33.6 Å². The third kappa shape index (κ3) is 6.48. The number of carbonyl (C=O) groups excluding carboxylic acids is 1. The van der Waals surface area contributed by atoms with Crippen molar-refractivity contribution in [2.45, 2.75) is 39.2 Å². The Morgan fingerprint density at radius 3 is 2.39 bits per heavy atom. The number of carbonyl (C=O) groups is 1. The number of benzene rings is 1. The predicted octanol–water partition coefficient (Wildman–Crippen LogP) is 3.75. The highest BCUT2D eigenvalue weighted by Gasteiger charge is 2.18. The molecule has 1 aliphatic rings. The van der Waals surface area contributed by atoms with Crippen LogP contribution in [0, 0.1) is 5.92 Å². The molecule has 0 spiro atoms. The van der Waals surface area contributed by atoms with Crippen molar-refractivity contribution in [2.24, 2.45) is 5.92 Å². The van der Waals surface area contributed by atoms with Crippen LogP contribution in [0.2, 0.25) is 0 Å². The van der Waals surface area contributed by atoms with Crippen LogP contribution in [0.25, 0.3) is 0 Å². The van der Waals surface area contributed by atoms with Gasteiger partial charge in [-0.3, -0.25) is 5.32 Å². The summed E-state index contributed by atoms with van der Waals surface area (Å²) in [6.45, 7) is 8.57. The Morgan fingerprint density at radius 2 is 1.83 bits per heavy atom. The molecule has 2 rings (SSSR count). The summed E-state index contributed by atoms with van der Waals surface area (Å²) in [5.74, 6) is 1.46. The molecule has 0 bridgehead atoms. The van der Waals surface area contributed by atoms with Crippen LogP contribution >= 0.6 is 0 Å². The van der Waals surface area contributed by atoms with Gasteiger partial charge in [0.2, 0.25) is 0 Å². The second-order valence-corrected chi connectivity index (χ2v) is 7.21. The lowest BCUT2D eigenvalue weighted by Crippen LogP contribution is -2.32. The van der Waals surface area contributed by atoms with E-state index in [2.05, 4.69) is 17.3 Å². The Labute approximate surface area is 139 Å². The lowest BCUT2D eigenvalue weighted by Gasteiger charge is -2.28. The van der Waals surface area contributed by atoms with Gasteiger partial charge in [0.25, 0.3) is 0 Å². The molecule has 0 aromatic heterocycles. The number of amides is 1. The molecule has 1 aromatic carbocycles. The van der Waals surface area contributed by atoms with Crippen molar-refractivity contribution in [3.05, 3.63) is 24.3 Å². The minimum atomic E-state index is -0.499. The van der Waals surface area contributed by atoms with E-state index in [1.165, 1.54) is 12.8 Å². The zero-order chi connectivity index (χ0) is 16.9. The van der Waals surface area contributed by atoms with Crippen molar-refractivity contribution in [1.29, 1.82) is 0 Å². The Balaban J connectivity index is 1.77. The first-order chi connectivity index (χ1) is 10.8. The van der Waals surface area contributed by atoms with Crippen LogP contribution in [0.15, 0.2) is 24.3 Å². The number of hydrogen-bond acceptors (Lipinski definition) is 4. The lowest BCUT2D eigenvalue weighted by atomic mass is 9.98. The fourth-order valence-electron chi connectivity index (χ4n) is 2.50. The van der Waals surface area contributed by atoms with Crippen molar-refractivity contribution in [2.75, 3.05) is 32.1 Å². The van der Waals surface area contributed by atoms with E-state index < -0.39 is 11.7 Å². The molecule has 5 nitrogen and oxygen atoms in total. The number of ether oxygens (including phenoxy) is 2. The summed E-state index contributed by atoms with van der Waals surface area (Å²) in [4.78, 5) is 14.1. The van der Waals surface area contributed by atoms with Gasteiger partial charge in [-0.25, -0.2) is 4.79 Å². The van der Waals surface area contributed by atoms with Crippen LogP contribution in [-0.2, 0) is 4.74 Å². The number of rotatable bonds is 4. The molecule has 1 saturated heterocycles. The highest BCUT2D eigenvalue weighted by Crippen LogP contribution is 2.20. The summed E-state index contributed by atoms with van der Waals surface area (Å²) in [5, 5.41) is 2.71. The maximum atomic E-state index is 11.7. The van der Waals surface area contributed by atoms with Gasteiger partial charge in [0.1, 0.15) is 11.4 Å². The molecular weight excluding hydrogens is 292 g/mol. The van der Waals surface area contributed by atoms with Gasteiger partial charge < -0.3 is 14.4 Å². The van der Waals surface area contributed by atoms with Crippen LogP contribution in [0.4, 0.5) is 10.5 Å². The van der Waals surface area contributed by atoms with Crippen molar-refractivity contribution in [1.82, 2.24) is 4.90 Å². The first-order valence-electron chi connectivity index (χ1n) is 8.23. The number of piperidine rings is 1. The van der Waals surface area contributed by atoms with Crippen molar-refractivity contribution >= 4 is 11.8 Å². The maximum absolute atomic E-state index is 11.7. The van der Waals surface area contributed by atoms with Gasteiger partial charge in [0.05, 0.1) is 6.61 Å². The SMILES string of the molecule is CN1CCC(COc2ccc(NC(=O)OC(C)(C)C)cc2)CC1. The van der Waals surface area contributed by atoms with Crippen LogP contribution < -0.4 is 10.1 Å². The van der Waals surface area contributed by atoms with Gasteiger partial charge >= 0.3 is 6.09 Å². The molecule has 5 heteroatoms. The van der Waals surface area contributed by atoms with Crippen LogP contribution in [-0.4, -0.2) is 43.3 Å². The van der Waals surface area contributed by atoms with Gasteiger partial charge in [-0.1, -0.05) is 0 Å². The molecule has 1 amide bonds. The van der Waals surface area contributed by atoms with Crippen molar-refractivity contribution < 1.29 is 14.3 Å². The molecular formula is C18H28N2O3. The molecule has 1 aromatic rings. The number of nitrogens with zero attached hydrogens (tertiary/aromatic N) is 1. The van der Waals surface area contributed by atoms with Gasteiger partial charge in [-0.2, -0.15) is 0 Å². The Bertz CT molecular complexity index is 500. The molecule has 0 saturated carbocycles. The van der Waals surface area contributed by atoms with Crippen LogP contribution in [0.5, 0.6) is 5.75 Å². The molecule has 0 atom stereocenters. The monoisotopic (exact) mass is 320 g/mol. The normalized spacial score (nSPS) is 16.9. The largest absolute Gasteiger partial charge is 0.493 e. The number of nitrogens with one attached hydrogen (secondary N) is 1. The molecule has 1 N–H and O–H groups in total. The molecule has 0 unspecified atom stereocenters. The maximum Gasteiger partial charge on any atom is 0.412 e. The van der Waals surface area contributed by atoms with Gasteiger partial charge in [-0.15, -0.1) is 0 Å². The Morgan fingerprint density at radius 1 is 1.22 bits per heavy atom. The minimum Gasteiger partial charge on any atom is -0.493 e. The van der Waals surface area contributed by atoms with Gasteiger partial charge in [-0.05, 0) is 83.9 Å². The van der Waals surface area contributed by atoms with E-state index in [4.69, 9.17) is 9.47 Å². The Kier molecular flexibility index (Phi) is 5.88. The Hall–Kier alpha value is -1.75. The van der Waals surface area contributed by atoms with E-state index in [1.807, 2.05) is 45.0 Å². The second kappa shape index (κ2) is 7.68. The molecule has 1 aliphatic heterocycles. The van der Waals surface area contributed by atoms with Crippen molar-refractivity contribution in [3.63, 3.8) is 0 Å². The van der Waals surface area contributed by atoms with Gasteiger partial charge in [0.15, 0.2) is 0 Å². The standard InChI is InChI=1S/C18H28N2O3/c1-18(2,3)23-17(21)19-15-5-7-16(8-6-15)22-13-14-9-11-20(4)12-10-14/h5-8,14H,9-13H2,1-4H3,(H,19,21). The quantitative estimate of drug-likeness (QED) is 0.918. The molecule has 128 valence electrons. The highest BCUT2D eigenvalue weighted by atomic mass is 16.6. The summed E-state index contributed by atoms with van der Waals surface area (Å²) in [7, 11) is 2.16. The van der Waals surface area contributed by atoms with E-state index in [9.17, 15) is 4.79 Å². The average molecular weight is 320 g/mol.